The van der Waals surface area contributed by atoms with Gasteiger partial charge in [0.25, 0.3) is 5.69 Å². The van der Waals surface area contributed by atoms with Crippen molar-refractivity contribution in [2.45, 2.75) is 21.9 Å². The zero-order chi connectivity index (χ0) is 22.7. The molecule has 2 aromatic carbocycles. The molecule has 166 valence electrons. The highest BCUT2D eigenvalue weighted by Gasteiger charge is 2.27. The SMILES string of the molecule is O=C(Nc1ncc(S(=O)(=O)c2ccc([N+](=O)[O-])cc2)s1)C1CCN(c2ccccc2)CC1. The Balaban J connectivity index is 1.38. The molecule has 1 aliphatic heterocycles. The number of carbonyl (C=O) groups excluding carboxylic acids is 1. The molecule has 32 heavy (non-hydrogen) atoms. The average Bonchev–Trinajstić information content (AvgIpc) is 3.29. The summed E-state index contributed by atoms with van der Waals surface area (Å²) in [6.07, 6.45) is 2.58. The van der Waals surface area contributed by atoms with Crippen LogP contribution in [-0.4, -0.2) is 37.3 Å². The molecule has 1 aromatic heterocycles. The fraction of sp³-hybridized carbons (Fsp3) is 0.238. The highest BCUT2D eigenvalue weighted by Crippen LogP contribution is 2.30. The van der Waals surface area contributed by atoms with E-state index < -0.39 is 14.8 Å². The van der Waals surface area contributed by atoms with E-state index in [0.29, 0.717) is 12.8 Å². The number of benzene rings is 2. The Bertz CT molecular complexity index is 1220. The van der Waals surface area contributed by atoms with Crippen LogP contribution in [0.25, 0.3) is 0 Å². The normalized spacial score (nSPS) is 14.8. The van der Waals surface area contributed by atoms with Gasteiger partial charge in [-0.25, -0.2) is 13.4 Å². The van der Waals surface area contributed by atoms with Crippen molar-refractivity contribution in [2.24, 2.45) is 5.92 Å². The molecule has 0 spiro atoms. The number of hydrogen-bond donors (Lipinski definition) is 1. The number of para-hydroxylation sites is 1. The van der Waals surface area contributed by atoms with Crippen LogP contribution in [0.4, 0.5) is 16.5 Å². The quantitative estimate of drug-likeness (QED) is 0.428. The number of sulfone groups is 1. The maximum Gasteiger partial charge on any atom is 0.269 e. The van der Waals surface area contributed by atoms with E-state index in [1.165, 1.54) is 18.3 Å². The third kappa shape index (κ3) is 4.63. The Labute approximate surface area is 188 Å². The van der Waals surface area contributed by atoms with Gasteiger partial charge in [0.05, 0.1) is 16.0 Å². The maximum absolute atomic E-state index is 12.8. The topological polar surface area (TPSA) is 123 Å². The van der Waals surface area contributed by atoms with Crippen molar-refractivity contribution in [2.75, 3.05) is 23.3 Å². The van der Waals surface area contributed by atoms with E-state index in [9.17, 15) is 23.3 Å². The van der Waals surface area contributed by atoms with E-state index in [4.69, 9.17) is 0 Å². The van der Waals surface area contributed by atoms with Crippen LogP contribution in [-0.2, 0) is 14.6 Å². The van der Waals surface area contributed by atoms with Gasteiger partial charge in [-0.15, -0.1) is 0 Å². The summed E-state index contributed by atoms with van der Waals surface area (Å²) in [5, 5.41) is 13.7. The van der Waals surface area contributed by atoms with Gasteiger partial charge < -0.3 is 10.2 Å². The summed E-state index contributed by atoms with van der Waals surface area (Å²) in [6.45, 7) is 1.53. The average molecular weight is 473 g/mol. The second-order valence-electron chi connectivity index (χ2n) is 7.33. The molecule has 1 N–H and O–H groups in total. The number of non-ortho nitro benzene ring substituents is 1. The summed E-state index contributed by atoms with van der Waals surface area (Å²) in [4.78, 5) is 29.0. The Hall–Kier alpha value is -3.31. The lowest BCUT2D eigenvalue weighted by atomic mass is 9.95. The third-order valence-electron chi connectivity index (χ3n) is 5.32. The minimum atomic E-state index is -3.88. The Morgan fingerprint density at radius 3 is 2.38 bits per heavy atom. The van der Waals surface area contributed by atoms with Crippen LogP contribution in [0.1, 0.15) is 12.8 Å². The Morgan fingerprint density at radius 1 is 1.09 bits per heavy atom. The van der Waals surface area contributed by atoms with Gasteiger partial charge in [0, 0.05) is 36.8 Å². The summed E-state index contributed by atoms with van der Waals surface area (Å²) in [7, 11) is -3.88. The van der Waals surface area contributed by atoms with E-state index >= 15 is 0 Å². The largest absolute Gasteiger partial charge is 0.371 e. The highest BCUT2D eigenvalue weighted by atomic mass is 32.2. The molecule has 1 aliphatic rings. The van der Waals surface area contributed by atoms with Crippen molar-refractivity contribution in [1.29, 1.82) is 0 Å². The molecule has 0 atom stereocenters. The van der Waals surface area contributed by atoms with Crippen molar-refractivity contribution in [1.82, 2.24) is 4.98 Å². The Morgan fingerprint density at radius 2 is 1.75 bits per heavy atom. The minimum absolute atomic E-state index is 0.0412. The second-order valence-corrected chi connectivity index (χ2v) is 10.5. The first-order valence-corrected chi connectivity index (χ1v) is 12.2. The second kappa shape index (κ2) is 9.05. The molecule has 0 unspecified atom stereocenters. The first-order valence-electron chi connectivity index (χ1n) is 9.91. The van der Waals surface area contributed by atoms with Crippen LogP contribution in [0.3, 0.4) is 0 Å². The van der Waals surface area contributed by atoms with Crippen molar-refractivity contribution in [3.63, 3.8) is 0 Å². The number of anilines is 2. The fourth-order valence-corrected chi connectivity index (χ4v) is 5.99. The number of aromatic nitrogens is 1. The fourth-order valence-electron chi connectivity index (χ4n) is 3.55. The number of hydrogen-bond acceptors (Lipinski definition) is 8. The number of nitro groups is 1. The smallest absolute Gasteiger partial charge is 0.269 e. The van der Waals surface area contributed by atoms with Gasteiger partial charge >= 0.3 is 0 Å². The van der Waals surface area contributed by atoms with Crippen molar-refractivity contribution in [3.05, 3.63) is 70.9 Å². The van der Waals surface area contributed by atoms with E-state index in [1.807, 2.05) is 30.3 Å². The molecule has 1 fully saturated rings. The number of thiazole rings is 1. The highest BCUT2D eigenvalue weighted by molar-refractivity contribution is 7.93. The van der Waals surface area contributed by atoms with Gasteiger partial charge in [-0.2, -0.15) is 0 Å². The Kier molecular flexibility index (Phi) is 6.19. The summed E-state index contributed by atoms with van der Waals surface area (Å²) < 4.78 is 25.5. The first kappa shape index (κ1) is 21.9. The standard InChI is InChI=1S/C21H20N4O5S2/c26-20(15-10-12-24(13-11-15)16-4-2-1-3-5-16)23-21-22-14-19(31-21)32(29,30)18-8-6-17(7-9-18)25(27)28/h1-9,14-15H,10-13H2,(H,22,23,26). The zero-order valence-corrected chi connectivity index (χ0v) is 18.5. The summed E-state index contributed by atoms with van der Waals surface area (Å²) in [5.41, 5.74) is 0.937. The van der Waals surface area contributed by atoms with Gasteiger partial charge in [-0.05, 0) is 37.1 Å². The molecular weight excluding hydrogens is 452 g/mol. The lowest BCUT2D eigenvalue weighted by Gasteiger charge is -2.32. The maximum atomic E-state index is 12.8. The van der Waals surface area contributed by atoms with E-state index in [1.54, 1.807) is 0 Å². The molecule has 0 saturated carbocycles. The molecular formula is C21H20N4O5S2. The van der Waals surface area contributed by atoms with Gasteiger partial charge in [-0.1, -0.05) is 29.5 Å². The molecule has 9 nitrogen and oxygen atoms in total. The molecule has 11 heteroatoms. The monoisotopic (exact) mass is 472 g/mol. The van der Waals surface area contributed by atoms with Gasteiger partial charge in [0.1, 0.15) is 4.21 Å². The van der Waals surface area contributed by atoms with E-state index in [-0.39, 0.29) is 31.7 Å². The number of nitrogens with one attached hydrogen (secondary N) is 1. The van der Waals surface area contributed by atoms with Crippen LogP contribution in [0, 0.1) is 16.0 Å². The number of carbonyl (C=O) groups is 1. The van der Waals surface area contributed by atoms with E-state index in [2.05, 4.69) is 15.2 Å². The van der Waals surface area contributed by atoms with Crippen molar-refractivity contribution in [3.8, 4) is 0 Å². The first-order chi connectivity index (χ1) is 15.3. The molecule has 3 aromatic rings. The van der Waals surface area contributed by atoms with Crippen LogP contribution in [0.15, 0.2) is 69.9 Å². The van der Waals surface area contributed by atoms with Crippen molar-refractivity contribution < 1.29 is 18.1 Å². The van der Waals surface area contributed by atoms with Crippen LogP contribution < -0.4 is 10.2 Å². The molecule has 1 saturated heterocycles. The van der Waals surface area contributed by atoms with Gasteiger partial charge in [-0.3, -0.25) is 14.9 Å². The number of amides is 1. The molecule has 4 rings (SSSR count). The van der Waals surface area contributed by atoms with Gasteiger partial charge in [0.15, 0.2) is 5.13 Å². The van der Waals surface area contributed by atoms with E-state index in [0.717, 1.165) is 42.2 Å². The number of nitrogens with zero attached hydrogens (tertiary/aromatic N) is 3. The summed E-state index contributed by atoms with van der Waals surface area (Å²) >= 11 is 0.860. The van der Waals surface area contributed by atoms with Crippen LogP contribution in [0.5, 0.6) is 0 Å². The number of nitro benzene ring substituents is 1. The van der Waals surface area contributed by atoms with Gasteiger partial charge in [0.2, 0.25) is 15.7 Å². The molecule has 0 radical (unpaired) electrons. The summed E-state index contributed by atoms with van der Waals surface area (Å²) in [6, 6.07) is 14.7. The van der Waals surface area contributed by atoms with Crippen LogP contribution >= 0.6 is 11.3 Å². The number of piperidine rings is 1. The minimum Gasteiger partial charge on any atom is -0.371 e. The number of rotatable bonds is 6. The lowest BCUT2D eigenvalue weighted by molar-refractivity contribution is -0.384. The predicted molar refractivity (Wildman–Crippen MR) is 121 cm³/mol. The summed E-state index contributed by atoms with van der Waals surface area (Å²) in [5.74, 6) is -0.347. The van der Waals surface area contributed by atoms with Crippen molar-refractivity contribution >= 4 is 43.6 Å². The molecule has 0 bridgehead atoms. The van der Waals surface area contributed by atoms with Crippen LogP contribution in [0.2, 0.25) is 0 Å². The zero-order valence-electron chi connectivity index (χ0n) is 16.9. The lowest BCUT2D eigenvalue weighted by Crippen LogP contribution is -2.38. The predicted octanol–water partition coefficient (Wildman–Crippen LogP) is 3.74. The molecule has 1 amide bonds. The third-order valence-corrected chi connectivity index (χ3v) is 8.47. The molecule has 0 aliphatic carbocycles. The molecule has 2 heterocycles.